The molecule has 0 radical (unpaired) electrons. The number of hydrogen-bond acceptors (Lipinski definition) is 2. The number of allylic oxidation sites excluding steroid dienone is 1. The average molecular weight is 401 g/mol. The SMILES string of the molecule is CC1=CC(N2CC=Cc3cc(F)c(F)cc3C2)CC(C)=C1NC(=O)CC(C)(C)C. The van der Waals surface area contributed by atoms with E-state index in [0.29, 0.717) is 19.5 Å². The van der Waals surface area contributed by atoms with Crippen molar-refractivity contribution in [3.63, 3.8) is 0 Å². The highest BCUT2D eigenvalue weighted by atomic mass is 19.2. The zero-order valence-corrected chi connectivity index (χ0v) is 17.9. The van der Waals surface area contributed by atoms with Gasteiger partial charge in [0.15, 0.2) is 11.6 Å². The fraction of sp³-hybridized carbons (Fsp3) is 0.458. The molecule has 0 saturated heterocycles. The van der Waals surface area contributed by atoms with Crippen molar-refractivity contribution in [3.8, 4) is 0 Å². The minimum Gasteiger partial charge on any atom is -0.326 e. The molecule has 1 amide bonds. The number of hydrogen-bond donors (Lipinski definition) is 1. The summed E-state index contributed by atoms with van der Waals surface area (Å²) < 4.78 is 27.3. The highest BCUT2D eigenvalue weighted by molar-refractivity contribution is 5.79. The molecule has 0 saturated carbocycles. The Morgan fingerprint density at radius 1 is 1.21 bits per heavy atom. The number of nitrogens with zero attached hydrogens (tertiary/aromatic N) is 1. The van der Waals surface area contributed by atoms with Crippen LogP contribution in [-0.2, 0) is 11.3 Å². The molecule has 5 heteroatoms. The van der Waals surface area contributed by atoms with Crippen LogP contribution in [0.4, 0.5) is 8.78 Å². The molecule has 1 aromatic carbocycles. The Hall–Kier alpha value is -2.27. The molecule has 1 unspecified atom stereocenters. The largest absolute Gasteiger partial charge is 0.326 e. The van der Waals surface area contributed by atoms with Crippen LogP contribution in [0, 0.1) is 17.0 Å². The van der Waals surface area contributed by atoms with E-state index >= 15 is 0 Å². The smallest absolute Gasteiger partial charge is 0.224 e. The van der Waals surface area contributed by atoms with E-state index in [2.05, 4.69) is 16.3 Å². The molecule has 1 heterocycles. The zero-order valence-electron chi connectivity index (χ0n) is 17.9. The van der Waals surface area contributed by atoms with Crippen molar-refractivity contribution < 1.29 is 13.6 Å². The van der Waals surface area contributed by atoms with Crippen LogP contribution in [0.1, 0.15) is 58.6 Å². The Balaban J connectivity index is 1.75. The van der Waals surface area contributed by atoms with E-state index in [-0.39, 0.29) is 17.4 Å². The van der Waals surface area contributed by atoms with Gasteiger partial charge in [-0.05, 0) is 60.1 Å². The Bertz CT molecular complexity index is 906. The third-order valence-corrected chi connectivity index (χ3v) is 5.40. The normalized spacial score (nSPS) is 20.2. The molecule has 0 bridgehead atoms. The van der Waals surface area contributed by atoms with Gasteiger partial charge in [-0.3, -0.25) is 9.69 Å². The van der Waals surface area contributed by atoms with Gasteiger partial charge in [-0.25, -0.2) is 8.78 Å². The molecular formula is C24H30F2N2O. The maximum absolute atomic E-state index is 13.7. The van der Waals surface area contributed by atoms with Crippen molar-refractivity contribution in [3.05, 3.63) is 63.9 Å². The highest BCUT2D eigenvalue weighted by Crippen LogP contribution is 2.30. The van der Waals surface area contributed by atoms with Gasteiger partial charge in [-0.15, -0.1) is 0 Å². The number of carbonyl (C=O) groups excluding carboxylic acids is 1. The lowest BCUT2D eigenvalue weighted by Crippen LogP contribution is -2.37. The van der Waals surface area contributed by atoms with Gasteiger partial charge in [-0.1, -0.05) is 39.0 Å². The van der Waals surface area contributed by atoms with Crippen molar-refractivity contribution >= 4 is 12.0 Å². The molecular weight excluding hydrogens is 370 g/mol. The fourth-order valence-corrected chi connectivity index (χ4v) is 4.03. The van der Waals surface area contributed by atoms with Crippen molar-refractivity contribution in [1.29, 1.82) is 0 Å². The van der Waals surface area contributed by atoms with Crippen LogP contribution in [0.25, 0.3) is 6.08 Å². The molecule has 3 nitrogen and oxygen atoms in total. The maximum Gasteiger partial charge on any atom is 0.224 e. The molecule has 1 aromatic rings. The quantitative estimate of drug-likeness (QED) is 0.743. The summed E-state index contributed by atoms with van der Waals surface area (Å²) in [6, 6.07) is 2.70. The van der Waals surface area contributed by atoms with Crippen molar-refractivity contribution in [2.45, 2.75) is 60.0 Å². The lowest BCUT2D eigenvalue weighted by atomic mass is 9.90. The van der Waals surface area contributed by atoms with Crippen molar-refractivity contribution in [2.24, 2.45) is 5.41 Å². The predicted molar refractivity (Wildman–Crippen MR) is 113 cm³/mol. The highest BCUT2D eigenvalue weighted by Gasteiger charge is 2.26. The Morgan fingerprint density at radius 3 is 2.55 bits per heavy atom. The second-order valence-electron chi connectivity index (χ2n) is 9.36. The standard InChI is InChI=1S/C24H30F2N2O/c1-15-9-19(10-16(2)23(15)27-22(29)13-24(3,4)5)28-8-6-7-17-11-20(25)21(26)12-18(17)14-28/h6-7,9,11-12,19H,8,10,13-14H2,1-5H3,(H,27,29). The van der Waals surface area contributed by atoms with Crippen LogP contribution in [0.5, 0.6) is 0 Å². The molecule has 29 heavy (non-hydrogen) atoms. The predicted octanol–water partition coefficient (Wildman–Crippen LogP) is 5.34. The fourth-order valence-electron chi connectivity index (χ4n) is 4.03. The average Bonchev–Trinajstić information content (AvgIpc) is 2.79. The summed E-state index contributed by atoms with van der Waals surface area (Å²) in [7, 11) is 0. The summed E-state index contributed by atoms with van der Waals surface area (Å²) >= 11 is 0. The van der Waals surface area contributed by atoms with Gasteiger partial charge in [0.05, 0.1) is 0 Å². The van der Waals surface area contributed by atoms with Crippen LogP contribution in [0.3, 0.4) is 0 Å². The second-order valence-corrected chi connectivity index (χ2v) is 9.36. The number of nitrogens with one attached hydrogen (secondary N) is 1. The van der Waals surface area contributed by atoms with E-state index in [0.717, 1.165) is 34.4 Å². The third kappa shape index (κ3) is 5.21. The van der Waals surface area contributed by atoms with E-state index in [1.54, 1.807) is 0 Å². The van der Waals surface area contributed by atoms with E-state index in [9.17, 15) is 13.6 Å². The first kappa shape index (κ1) is 21.4. The molecule has 156 valence electrons. The molecule has 0 spiro atoms. The number of carbonyl (C=O) groups is 1. The number of amides is 1. The van der Waals surface area contributed by atoms with Gasteiger partial charge in [0.1, 0.15) is 0 Å². The minimum absolute atomic E-state index is 0.0298. The molecule has 0 aromatic heterocycles. The summed E-state index contributed by atoms with van der Waals surface area (Å²) in [5.74, 6) is -1.60. The van der Waals surface area contributed by atoms with Crippen LogP contribution < -0.4 is 5.32 Å². The lowest BCUT2D eigenvalue weighted by molar-refractivity contribution is -0.122. The van der Waals surface area contributed by atoms with E-state index in [1.165, 1.54) is 12.1 Å². The number of fused-ring (bicyclic) bond motifs is 1. The van der Waals surface area contributed by atoms with Gasteiger partial charge >= 0.3 is 0 Å². The zero-order chi connectivity index (χ0) is 21.3. The summed E-state index contributed by atoms with van der Waals surface area (Å²) in [5, 5.41) is 3.09. The van der Waals surface area contributed by atoms with Crippen LogP contribution >= 0.6 is 0 Å². The van der Waals surface area contributed by atoms with E-state index < -0.39 is 11.6 Å². The molecule has 0 fully saturated rings. The summed E-state index contributed by atoms with van der Waals surface area (Å²) in [6.45, 7) is 11.5. The van der Waals surface area contributed by atoms with Gasteiger partial charge in [-0.2, -0.15) is 0 Å². The van der Waals surface area contributed by atoms with Gasteiger partial charge < -0.3 is 5.32 Å². The Kier molecular flexibility index (Phi) is 6.08. The topological polar surface area (TPSA) is 32.3 Å². The third-order valence-electron chi connectivity index (χ3n) is 5.40. The summed E-state index contributed by atoms with van der Waals surface area (Å²) in [4.78, 5) is 14.6. The van der Waals surface area contributed by atoms with E-state index in [1.807, 2.05) is 46.8 Å². The van der Waals surface area contributed by atoms with Crippen molar-refractivity contribution in [2.75, 3.05) is 6.54 Å². The number of benzene rings is 1. The molecule has 1 atom stereocenters. The first-order valence-corrected chi connectivity index (χ1v) is 10.1. The Morgan fingerprint density at radius 2 is 1.90 bits per heavy atom. The lowest BCUT2D eigenvalue weighted by Gasteiger charge is -2.33. The Labute approximate surface area is 172 Å². The van der Waals surface area contributed by atoms with Gasteiger partial charge in [0, 0.05) is 31.2 Å². The molecule has 3 rings (SSSR count). The minimum atomic E-state index is -0.815. The van der Waals surface area contributed by atoms with Crippen LogP contribution in [0.2, 0.25) is 0 Å². The first-order chi connectivity index (χ1) is 13.5. The molecule has 1 aliphatic carbocycles. The van der Waals surface area contributed by atoms with E-state index in [4.69, 9.17) is 0 Å². The monoisotopic (exact) mass is 400 g/mol. The second kappa shape index (κ2) is 8.23. The summed E-state index contributed by atoms with van der Waals surface area (Å²) in [5.41, 5.74) is 4.54. The maximum atomic E-state index is 13.7. The van der Waals surface area contributed by atoms with Crippen LogP contribution in [0.15, 0.2) is 41.1 Å². The molecule has 2 aliphatic rings. The first-order valence-electron chi connectivity index (χ1n) is 10.1. The van der Waals surface area contributed by atoms with Crippen molar-refractivity contribution in [1.82, 2.24) is 10.2 Å². The number of rotatable bonds is 3. The van der Waals surface area contributed by atoms with Crippen LogP contribution in [-0.4, -0.2) is 23.4 Å². The number of halogens is 2. The van der Waals surface area contributed by atoms with Gasteiger partial charge in [0.2, 0.25) is 5.91 Å². The molecule has 1 N–H and O–H groups in total. The molecule has 1 aliphatic heterocycles. The van der Waals surface area contributed by atoms with Gasteiger partial charge in [0.25, 0.3) is 0 Å². The summed E-state index contributed by atoms with van der Waals surface area (Å²) in [6.07, 6.45) is 7.27.